The Hall–Kier alpha value is -7.42. The van der Waals surface area contributed by atoms with Crippen LogP contribution in [0.5, 0.6) is 0 Å². The average Bonchev–Trinajstić information content (AvgIpc) is 3.83. The molecule has 0 heterocycles. The van der Waals surface area contributed by atoms with Gasteiger partial charge in [0, 0.05) is 50.4 Å². The van der Waals surface area contributed by atoms with E-state index in [-0.39, 0.29) is 16.2 Å². The van der Waals surface area contributed by atoms with Gasteiger partial charge in [0.05, 0.1) is 0 Å². The summed E-state index contributed by atoms with van der Waals surface area (Å²) in [6.45, 7) is 14.3. The summed E-state index contributed by atoms with van der Waals surface area (Å²) in [6, 6.07) is 67.8. The van der Waals surface area contributed by atoms with Crippen LogP contribution in [0, 0.1) is 0 Å². The minimum Gasteiger partial charge on any atom is -0.310 e. The Balaban J connectivity index is 0.833. The summed E-state index contributed by atoms with van der Waals surface area (Å²) in [5.41, 5.74) is 25.7. The highest BCUT2D eigenvalue weighted by Crippen LogP contribution is 2.54. The van der Waals surface area contributed by atoms with Gasteiger partial charge in [0.15, 0.2) is 0 Å². The molecule has 0 atom stereocenters. The monoisotopic (exact) mass is 864 g/mol. The molecule has 0 bridgehead atoms. The normalized spacial score (nSPS) is 16.3. The van der Waals surface area contributed by atoms with E-state index in [1.165, 1.54) is 89.4 Å². The molecule has 0 amide bonds. The maximum absolute atomic E-state index is 2.44. The predicted molar refractivity (Wildman–Crippen MR) is 285 cm³/mol. The number of hydrogen-bond acceptors (Lipinski definition) is 2. The molecule has 4 aliphatic rings. The molecule has 2 nitrogen and oxygen atoms in total. The standard InChI is InChI=1S/C65H56N2/c1-63(2)57-23-15-13-21-51(57)54-36-32-48(40-60(54)63)66(45-17-9-7-10-18-45)47-30-27-43(28-31-47)25-26-44-29-35-53-56-38-34-50(42-62(56)65(5,6)59(53)39-44)67(46-19-11-8-12-20-46)49-33-37-55-52-22-14-16-24-58(52)64(3,4)61(55)41-49/h7-14,16-22,24-42H,15,23H2,1-6H3/b26-25+. The second kappa shape index (κ2) is 15.3. The lowest BCUT2D eigenvalue weighted by molar-refractivity contribution is 0.607. The summed E-state index contributed by atoms with van der Waals surface area (Å²) in [5.74, 6) is 0. The number of fused-ring (bicyclic) bond motifs is 8. The maximum Gasteiger partial charge on any atom is 0.0465 e. The topological polar surface area (TPSA) is 6.48 Å². The summed E-state index contributed by atoms with van der Waals surface area (Å²) in [6.07, 6.45) is 11.5. The molecule has 0 radical (unpaired) electrons. The molecule has 0 unspecified atom stereocenters. The second-order valence-corrected chi connectivity index (χ2v) is 20.5. The van der Waals surface area contributed by atoms with Gasteiger partial charge >= 0.3 is 0 Å². The van der Waals surface area contributed by atoms with Crippen molar-refractivity contribution in [3.63, 3.8) is 0 Å². The summed E-state index contributed by atoms with van der Waals surface area (Å²) in [5, 5.41) is 0. The number of rotatable bonds is 8. The van der Waals surface area contributed by atoms with Gasteiger partial charge in [-0.25, -0.2) is 0 Å². The van der Waals surface area contributed by atoms with E-state index in [0.717, 1.165) is 29.9 Å². The van der Waals surface area contributed by atoms with Gasteiger partial charge in [0.1, 0.15) is 0 Å². The van der Waals surface area contributed by atoms with Crippen LogP contribution in [0.25, 0.3) is 40.0 Å². The van der Waals surface area contributed by atoms with Crippen molar-refractivity contribution in [2.45, 2.75) is 70.6 Å². The number of para-hydroxylation sites is 2. The van der Waals surface area contributed by atoms with Crippen molar-refractivity contribution in [3.8, 4) is 22.3 Å². The molecule has 0 saturated heterocycles. The number of anilines is 6. The lowest BCUT2D eigenvalue weighted by Crippen LogP contribution is -2.18. The molecule has 2 heteroatoms. The van der Waals surface area contributed by atoms with Crippen molar-refractivity contribution in [2.75, 3.05) is 9.80 Å². The van der Waals surface area contributed by atoms with Crippen molar-refractivity contribution in [1.29, 1.82) is 0 Å². The van der Waals surface area contributed by atoms with Crippen LogP contribution < -0.4 is 9.80 Å². The van der Waals surface area contributed by atoms with Crippen LogP contribution >= 0.6 is 0 Å². The van der Waals surface area contributed by atoms with Crippen molar-refractivity contribution < 1.29 is 0 Å². The van der Waals surface area contributed by atoms with Gasteiger partial charge in [0.25, 0.3) is 0 Å². The first-order valence-corrected chi connectivity index (χ1v) is 24.1. The molecular weight excluding hydrogens is 809 g/mol. The van der Waals surface area contributed by atoms with E-state index in [9.17, 15) is 0 Å². The highest BCUT2D eigenvalue weighted by molar-refractivity contribution is 5.91. The minimum absolute atomic E-state index is 0.0134. The van der Waals surface area contributed by atoms with E-state index in [1.54, 1.807) is 5.57 Å². The number of hydrogen-bond donors (Lipinski definition) is 0. The Morgan fingerprint density at radius 1 is 0.358 bits per heavy atom. The van der Waals surface area contributed by atoms with Gasteiger partial charge in [-0.15, -0.1) is 0 Å². The second-order valence-electron chi connectivity index (χ2n) is 20.5. The Morgan fingerprint density at radius 3 is 1.39 bits per heavy atom. The Labute approximate surface area is 396 Å². The van der Waals surface area contributed by atoms with E-state index in [4.69, 9.17) is 0 Å². The molecule has 8 aromatic carbocycles. The SMILES string of the molecule is CC1(C)C2=C(C=CCC2)c2ccc(N(c3ccccc3)c3ccc(/C=C/c4ccc5c(c4)C(C)(C)c4cc(N(c6ccccc6)c6ccc7c(c6)C(C)(C)c6ccccc6-7)ccc4-5)cc3)cc21. The summed E-state index contributed by atoms with van der Waals surface area (Å²) >= 11 is 0. The smallest absolute Gasteiger partial charge is 0.0465 e. The molecule has 0 spiro atoms. The largest absolute Gasteiger partial charge is 0.310 e. The van der Waals surface area contributed by atoms with Crippen LogP contribution in [-0.2, 0) is 16.2 Å². The van der Waals surface area contributed by atoms with Crippen molar-refractivity contribution in [1.82, 2.24) is 0 Å². The highest BCUT2D eigenvalue weighted by Gasteiger charge is 2.39. The molecule has 326 valence electrons. The zero-order valence-corrected chi connectivity index (χ0v) is 39.4. The maximum atomic E-state index is 2.44. The van der Waals surface area contributed by atoms with Gasteiger partial charge in [-0.2, -0.15) is 0 Å². The van der Waals surface area contributed by atoms with Crippen LogP contribution in [0.1, 0.15) is 98.9 Å². The molecular formula is C65H56N2. The fourth-order valence-electron chi connectivity index (χ4n) is 11.9. The zero-order chi connectivity index (χ0) is 45.7. The predicted octanol–water partition coefficient (Wildman–Crippen LogP) is 17.8. The molecule has 0 N–H and O–H groups in total. The average molecular weight is 865 g/mol. The molecule has 67 heavy (non-hydrogen) atoms. The van der Waals surface area contributed by atoms with Gasteiger partial charge in [-0.3, -0.25) is 0 Å². The molecule has 8 aromatic rings. The Bertz CT molecular complexity index is 3360. The van der Waals surface area contributed by atoms with Crippen molar-refractivity contribution in [2.24, 2.45) is 0 Å². The van der Waals surface area contributed by atoms with Gasteiger partial charge in [-0.1, -0.05) is 181 Å². The fraction of sp³-hybridized carbons (Fsp3) is 0.169. The van der Waals surface area contributed by atoms with E-state index < -0.39 is 0 Å². The summed E-state index contributed by atoms with van der Waals surface area (Å²) in [4.78, 5) is 4.83. The van der Waals surface area contributed by atoms with Gasteiger partial charge in [0.2, 0.25) is 0 Å². The first-order chi connectivity index (χ1) is 32.5. The van der Waals surface area contributed by atoms with E-state index in [2.05, 4.69) is 258 Å². The third-order valence-electron chi connectivity index (χ3n) is 15.6. The number of allylic oxidation sites excluding steroid dienone is 4. The molecule has 0 aromatic heterocycles. The van der Waals surface area contributed by atoms with Crippen molar-refractivity contribution >= 4 is 51.8 Å². The molecule has 0 aliphatic heterocycles. The lowest BCUT2D eigenvalue weighted by atomic mass is 9.78. The summed E-state index contributed by atoms with van der Waals surface area (Å²) < 4.78 is 0. The fourth-order valence-corrected chi connectivity index (χ4v) is 11.9. The van der Waals surface area contributed by atoms with Crippen LogP contribution in [-0.4, -0.2) is 0 Å². The van der Waals surface area contributed by atoms with Gasteiger partial charge in [-0.05, 0) is 158 Å². The van der Waals surface area contributed by atoms with Crippen LogP contribution in [0.4, 0.5) is 34.1 Å². The highest BCUT2D eigenvalue weighted by atomic mass is 15.1. The minimum atomic E-state index is -0.185. The first-order valence-electron chi connectivity index (χ1n) is 24.1. The summed E-state index contributed by atoms with van der Waals surface area (Å²) in [7, 11) is 0. The third kappa shape index (κ3) is 6.52. The molecule has 0 fully saturated rings. The van der Waals surface area contributed by atoms with Crippen LogP contribution in [0.3, 0.4) is 0 Å². The number of benzene rings is 8. The van der Waals surface area contributed by atoms with Crippen LogP contribution in [0.2, 0.25) is 0 Å². The third-order valence-corrected chi connectivity index (χ3v) is 15.6. The molecule has 4 aliphatic carbocycles. The van der Waals surface area contributed by atoms with E-state index in [0.29, 0.717) is 0 Å². The Kier molecular flexibility index (Phi) is 9.39. The number of nitrogens with zero attached hydrogens (tertiary/aromatic N) is 2. The quantitative estimate of drug-likeness (QED) is 0.140. The lowest BCUT2D eigenvalue weighted by Gasteiger charge is -2.29. The van der Waals surface area contributed by atoms with E-state index >= 15 is 0 Å². The zero-order valence-electron chi connectivity index (χ0n) is 39.4. The van der Waals surface area contributed by atoms with E-state index in [1.807, 2.05) is 0 Å². The van der Waals surface area contributed by atoms with Crippen molar-refractivity contribution in [3.05, 3.63) is 244 Å². The van der Waals surface area contributed by atoms with Crippen LogP contribution in [0.15, 0.2) is 200 Å². The first kappa shape index (κ1) is 41.0. The molecule has 12 rings (SSSR count). The van der Waals surface area contributed by atoms with Gasteiger partial charge < -0.3 is 9.80 Å². The molecule has 0 saturated carbocycles. The Morgan fingerprint density at radius 2 is 0.776 bits per heavy atom.